The summed E-state index contributed by atoms with van der Waals surface area (Å²) < 4.78 is 27.1. The number of anilines is 1. The molecule has 7 heteroatoms. The Morgan fingerprint density at radius 2 is 1.50 bits per heavy atom. The SMILES string of the molecule is O=C(/C=C/c1ccccc1O)c1ccc(NS(=O)(=O)c2ccc(O)cc2)cc1. The number of nitrogens with one attached hydrogen (secondary N) is 1. The molecule has 0 aromatic heterocycles. The Kier molecular flexibility index (Phi) is 5.47. The fourth-order valence-electron chi connectivity index (χ4n) is 2.43. The number of phenolic OH excluding ortho intramolecular Hbond substituents is 2. The standard InChI is InChI=1S/C21H17NO5S/c23-18-10-12-19(13-11-18)28(26,27)22-17-8-5-16(6-9-17)21(25)14-7-15-3-1-2-4-20(15)24/h1-14,22-24H/b14-7+. The molecule has 3 aromatic carbocycles. The van der Waals surface area contributed by atoms with Gasteiger partial charge in [-0.1, -0.05) is 18.2 Å². The summed E-state index contributed by atoms with van der Waals surface area (Å²) in [5, 5.41) is 19.0. The number of ketones is 1. The van der Waals surface area contributed by atoms with Crippen LogP contribution in [0.5, 0.6) is 11.5 Å². The van der Waals surface area contributed by atoms with Crippen LogP contribution in [-0.2, 0) is 10.0 Å². The van der Waals surface area contributed by atoms with Gasteiger partial charge in [0.25, 0.3) is 10.0 Å². The lowest BCUT2D eigenvalue weighted by atomic mass is 10.1. The third kappa shape index (κ3) is 4.57. The number of rotatable bonds is 6. The Morgan fingerprint density at radius 1 is 0.857 bits per heavy atom. The van der Waals surface area contributed by atoms with Crippen LogP contribution in [0.15, 0.2) is 83.8 Å². The summed E-state index contributed by atoms with van der Waals surface area (Å²) >= 11 is 0. The Balaban J connectivity index is 1.72. The zero-order valence-corrected chi connectivity index (χ0v) is 15.4. The molecule has 0 saturated heterocycles. The highest BCUT2D eigenvalue weighted by molar-refractivity contribution is 7.92. The normalized spacial score (nSPS) is 11.4. The van der Waals surface area contributed by atoms with Crippen LogP contribution in [0, 0.1) is 0 Å². The van der Waals surface area contributed by atoms with Gasteiger partial charge in [0.1, 0.15) is 11.5 Å². The summed E-state index contributed by atoms with van der Waals surface area (Å²) in [5.41, 5.74) is 1.20. The third-order valence-corrected chi connectivity index (χ3v) is 5.32. The van der Waals surface area contributed by atoms with Crippen molar-refractivity contribution in [3.05, 3.63) is 90.0 Å². The van der Waals surface area contributed by atoms with E-state index in [0.29, 0.717) is 16.8 Å². The molecule has 0 heterocycles. The summed E-state index contributed by atoms with van der Waals surface area (Å²) in [6, 6.07) is 17.8. The Bertz CT molecular complexity index is 1120. The average Bonchev–Trinajstić information content (AvgIpc) is 2.68. The maximum absolute atomic E-state index is 12.3. The highest BCUT2D eigenvalue weighted by Crippen LogP contribution is 2.20. The minimum atomic E-state index is -3.80. The molecule has 0 spiro atoms. The number of para-hydroxylation sites is 1. The van der Waals surface area contributed by atoms with E-state index in [9.17, 15) is 23.4 Å². The molecule has 0 unspecified atom stereocenters. The van der Waals surface area contributed by atoms with Gasteiger partial charge in [0, 0.05) is 16.8 Å². The fraction of sp³-hybridized carbons (Fsp3) is 0. The van der Waals surface area contributed by atoms with Gasteiger partial charge in [0.05, 0.1) is 4.90 Å². The molecule has 0 atom stereocenters. The summed E-state index contributed by atoms with van der Waals surface area (Å²) in [7, 11) is -3.80. The van der Waals surface area contributed by atoms with E-state index in [-0.39, 0.29) is 22.2 Å². The first-order chi connectivity index (χ1) is 13.3. The molecule has 3 rings (SSSR count). The first-order valence-corrected chi connectivity index (χ1v) is 9.76. The zero-order chi connectivity index (χ0) is 20.1. The van der Waals surface area contributed by atoms with Crippen LogP contribution >= 0.6 is 0 Å². The van der Waals surface area contributed by atoms with Crippen LogP contribution in [-0.4, -0.2) is 24.4 Å². The van der Waals surface area contributed by atoms with Crippen LogP contribution < -0.4 is 4.72 Å². The van der Waals surface area contributed by atoms with Gasteiger partial charge in [-0.3, -0.25) is 9.52 Å². The molecule has 3 N–H and O–H groups in total. The van der Waals surface area contributed by atoms with E-state index >= 15 is 0 Å². The average molecular weight is 395 g/mol. The molecule has 28 heavy (non-hydrogen) atoms. The second-order valence-electron chi connectivity index (χ2n) is 5.93. The number of aromatic hydroxyl groups is 2. The maximum Gasteiger partial charge on any atom is 0.261 e. The lowest BCUT2D eigenvalue weighted by Crippen LogP contribution is -2.12. The number of allylic oxidation sites excluding steroid dienone is 1. The number of hydrogen-bond acceptors (Lipinski definition) is 5. The maximum atomic E-state index is 12.3. The van der Waals surface area contributed by atoms with Gasteiger partial charge in [-0.25, -0.2) is 8.42 Å². The predicted molar refractivity (Wildman–Crippen MR) is 107 cm³/mol. The van der Waals surface area contributed by atoms with E-state index in [1.54, 1.807) is 18.2 Å². The molecule has 0 aliphatic rings. The van der Waals surface area contributed by atoms with E-state index in [2.05, 4.69) is 4.72 Å². The van der Waals surface area contributed by atoms with Crippen molar-refractivity contribution in [2.24, 2.45) is 0 Å². The summed E-state index contributed by atoms with van der Waals surface area (Å²) in [6.45, 7) is 0. The van der Waals surface area contributed by atoms with Crippen LogP contribution in [0.3, 0.4) is 0 Å². The van der Waals surface area contributed by atoms with Crippen molar-refractivity contribution in [3.8, 4) is 11.5 Å². The first kappa shape index (κ1) is 19.2. The van der Waals surface area contributed by atoms with E-state index < -0.39 is 10.0 Å². The van der Waals surface area contributed by atoms with Gasteiger partial charge in [0.2, 0.25) is 0 Å². The minimum absolute atomic E-state index is 0.0102. The van der Waals surface area contributed by atoms with Crippen molar-refractivity contribution < 1.29 is 23.4 Å². The molecular weight excluding hydrogens is 378 g/mol. The predicted octanol–water partition coefficient (Wildman–Crippen LogP) is 3.79. The van der Waals surface area contributed by atoms with Gasteiger partial charge in [0.15, 0.2) is 5.78 Å². The number of benzene rings is 3. The summed E-state index contributed by atoms with van der Waals surface area (Å²) in [5.74, 6) is -0.236. The summed E-state index contributed by atoms with van der Waals surface area (Å²) in [6.07, 6.45) is 2.85. The van der Waals surface area contributed by atoms with E-state index in [1.165, 1.54) is 66.7 Å². The van der Waals surface area contributed by atoms with Gasteiger partial charge in [-0.05, 0) is 66.7 Å². The monoisotopic (exact) mass is 395 g/mol. The highest BCUT2D eigenvalue weighted by atomic mass is 32.2. The van der Waals surface area contributed by atoms with Crippen molar-refractivity contribution in [3.63, 3.8) is 0 Å². The van der Waals surface area contributed by atoms with Crippen molar-refractivity contribution >= 4 is 27.6 Å². The molecule has 0 aliphatic heterocycles. The quantitative estimate of drug-likeness (QED) is 0.435. The van der Waals surface area contributed by atoms with Crippen LogP contribution in [0.2, 0.25) is 0 Å². The van der Waals surface area contributed by atoms with Crippen molar-refractivity contribution in [2.75, 3.05) is 4.72 Å². The second kappa shape index (κ2) is 7.98. The lowest BCUT2D eigenvalue weighted by molar-refractivity contribution is 0.104. The van der Waals surface area contributed by atoms with Crippen molar-refractivity contribution in [2.45, 2.75) is 4.90 Å². The molecule has 0 fully saturated rings. The van der Waals surface area contributed by atoms with Crippen LogP contribution in [0.4, 0.5) is 5.69 Å². The largest absolute Gasteiger partial charge is 0.508 e. The zero-order valence-electron chi connectivity index (χ0n) is 14.6. The van der Waals surface area contributed by atoms with E-state index in [1.807, 2.05) is 0 Å². The number of hydrogen-bond donors (Lipinski definition) is 3. The molecule has 0 amide bonds. The topological polar surface area (TPSA) is 104 Å². The minimum Gasteiger partial charge on any atom is -0.508 e. The molecule has 142 valence electrons. The van der Waals surface area contributed by atoms with Crippen LogP contribution in [0.25, 0.3) is 6.08 Å². The van der Waals surface area contributed by atoms with Crippen LogP contribution in [0.1, 0.15) is 15.9 Å². The van der Waals surface area contributed by atoms with Crippen molar-refractivity contribution in [1.29, 1.82) is 0 Å². The van der Waals surface area contributed by atoms with E-state index in [4.69, 9.17) is 0 Å². The molecule has 0 bridgehead atoms. The third-order valence-electron chi connectivity index (χ3n) is 3.92. The second-order valence-corrected chi connectivity index (χ2v) is 7.62. The highest BCUT2D eigenvalue weighted by Gasteiger charge is 2.14. The number of sulfonamides is 1. The molecule has 3 aromatic rings. The Morgan fingerprint density at radius 3 is 2.14 bits per heavy atom. The molecule has 0 saturated carbocycles. The molecule has 0 aliphatic carbocycles. The van der Waals surface area contributed by atoms with E-state index in [0.717, 1.165) is 0 Å². The van der Waals surface area contributed by atoms with Gasteiger partial charge < -0.3 is 10.2 Å². The Hall–Kier alpha value is -3.58. The number of phenols is 2. The van der Waals surface area contributed by atoms with Gasteiger partial charge >= 0.3 is 0 Å². The number of carbonyl (C=O) groups excluding carboxylic acids is 1. The van der Waals surface area contributed by atoms with Gasteiger partial charge in [-0.2, -0.15) is 0 Å². The Labute approximate surface area is 162 Å². The first-order valence-electron chi connectivity index (χ1n) is 8.27. The molecular formula is C21H17NO5S. The number of carbonyl (C=O) groups is 1. The lowest BCUT2D eigenvalue weighted by Gasteiger charge is -2.08. The molecule has 6 nitrogen and oxygen atoms in total. The molecule has 0 radical (unpaired) electrons. The fourth-order valence-corrected chi connectivity index (χ4v) is 3.49. The van der Waals surface area contributed by atoms with Crippen molar-refractivity contribution in [1.82, 2.24) is 0 Å². The van der Waals surface area contributed by atoms with Gasteiger partial charge in [-0.15, -0.1) is 0 Å². The summed E-state index contributed by atoms with van der Waals surface area (Å²) in [4.78, 5) is 12.3. The smallest absolute Gasteiger partial charge is 0.261 e.